The van der Waals surface area contributed by atoms with E-state index in [0.29, 0.717) is 18.4 Å². The van der Waals surface area contributed by atoms with Gasteiger partial charge in [-0.2, -0.15) is 5.10 Å². The number of aromatic nitrogens is 2. The van der Waals surface area contributed by atoms with Crippen molar-refractivity contribution in [2.24, 2.45) is 0 Å². The minimum atomic E-state index is -0.213. The monoisotopic (exact) mass is 372 g/mol. The molecule has 28 heavy (non-hydrogen) atoms. The summed E-state index contributed by atoms with van der Waals surface area (Å²) in [4.78, 5) is 12.3. The topological polar surface area (TPSA) is 45.8 Å². The minimum Gasteiger partial charge on any atom is -0.299 e. The molecule has 4 rings (SSSR count). The van der Waals surface area contributed by atoms with E-state index < -0.39 is 0 Å². The Kier molecular flexibility index (Phi) is 5.29. The maximum absolute atomic E-state index is 13.9. The summed E-state index contributed by atoms with van der Waals surface area (Å²) < 4.78 is 13.9. The van der Waals surface area contributed by atoms with E-state index in [1.54, 1.807) is 18.3 Å². The van der Waals surface area contributed by atoms with Gasteiger partial charge in [0.2, 0.25) is 0 Å². The number of hydrogen-bond acceptors (Lipinski definition) is 2. The number of H-pyrrole nitrogens is 1. The number of aryl methyl sites for hydroxylation is 1. The fraction of sp³-hybridized carbons (Fsp3) is 0.167. The molecule has 0 radical (unpaired) electrons. The number of benzene rings is 3. The lowest BCUT2D eigenvalue weighted by Gasteiger charge is -2.06. The van der Waals surface area contributed by atoms with Crippen LogP contribution in [-0.2, 0) is 17.6 Å². The van der Waals surface area contributed by atoms with E-state index in [2.05, 4.69) is 10.2 Å². The van der Waals surface area contributed by atoms with E-state index in [-0.39, 0.29) is 11.6 Å². The summed E-state index contributed by atoms with van der Waals surface area (Å²) in [5, 5.41) is 7.95. The van der Waals surface area contributed by atoms with Gasteiger partial charge in [0.05, 0.1) is 11.7 Å². The molecule has 0 bridgehead atoms. The molecule has 0 saturated carbocycles. The fourth-order valence-corrected chi connectivity index (χ4v) is 3.45. The highest BCUT2D eigenvalue weighted by molar-refractivity contribution is 5.84. The van der Waals surface area contributed by atoms with Gasteiger partial charge >= 0.3 is 0 Å². The van der Waals surface area contributed by atoms with Crippen LogP contribution in [0.25, 0.3) is 22.0 Å². The van der Waals surface area contributed by atoms with Crippen LogP contribution in [-0.4, -0.2) is 16.0 Å². The van der Waals surface area contributed by atoms with Crippen LogP contribution in [0.5, 0.6) is 0 Å². The number of carbonyl (C=O) groups excluding carboxylic acids is 1. The Morgan fingerprint density at radius 1 is 0.964 bits per heavy atom. The van der Waals surface area contributed by atoms with Gasteiger partial charge in [-0.25, -0.2) is 4.39 Å². The van der Waals surface area contributed by atoms with Gasteiger partial charge in [-0.15, -0.1) is 0 Å². The van der Waals surface area contributed by atoms with Crippen LogP contribution in [0.3, 0.4) is 0 Å². The highest BCUT2D eigenvalue weighted by Crippen LogP contribution is 2.23. The second kappa shape index (κ2) is 8.17. The van der Waals surface area contributed by atoms with Gasteiger partial charge in [0.15, 0.2) is 0 Å². The molecule has 4 heteroatoms. The number of Topliss-reactive ketones (excluding diaryl/α,β-unsaturated/α-hetero) is 1. The predicted octanol–water partition coefficient (Wildman–Crippen LogP) is 5.50. The second-order valence-corrected chi connectivity index (χ2v) is 7.04. The summed E-state index contributed by atoms with van der Waals surface area (Å²) in [5.41, 5.74) is 4.64. The molecule has 0 aliphatic heterocycles. The van der Waals surface area contributed by atoms with Gasteiger partial charge in [-0.1, -0.05) is 48.5 Å². The molecule has 3 nitrogen and oxygen atoms in total. The number of rotatable bonds is 7. The summed E-state index contributed by atoms with van der Waals surface area (Å²) in [6, 6.07) is 20.6. The molecule has 1 N–H and O–H groups in total. The van der Waals surface area contributed by atoms with Crippen molar-refractivity contribution in [2.45, 2.75) is 25.7 Å². The first-order valence-corrected chi connectivity index (χ1v) is 9.46. The van der Waals surface area contributed by atoms with E-state index in [0.717, 1.165) is 40.4 Å². The van der Waals surface area contributed by atoms with Crippen molar-refractivity contribution in [3.63, 3.8) is 0 Å². The molecule has 0 unspecified atom stereocenters. The van der Waals surface area contributed by atoms with Crippen LogP contribution in [0.1, 0.15) is 24.0 Å². The van der Waals surface area contributed by atoms with Crippen molar-refractivity contribution < 1.29 is 9.18 Å². The molecule has 3 aromatic carbocycles. The summed E-state index contributed by atoms with van der Waals surface area (Å²) in [6.45, 7) is 0. The minimum absolute atomic E-state index is 0.213. The highest BCUT2D eigenvalue weighted by atomic mass is 19.1. The van der Waals surface area contributed by atoms with Crippen molar-refractivity contribution >= 4 is 16.7 Å². The smallest absolute Gasteiger partial charge is 0.137 e. The average Bonchev–Trinajstić information content (AvgIpc) is 3.17. The first-order valence-electron chi connectivity index (χ1n) is 9.46. The Balaban J connectivity index is 1.29. The third-order valence-corrected chi connectivity index (χ3v) is 4.97. The Bertz CT molecular complexity index is 1100. The molecule has 0 fully saturated rings. The Labute approximate surface area is 163 Å². The zero-order chi connectivity index (χ0) is 19.3. The number of fused-ring (bicyclic) bond motifs is 1. The quantitative estimate of drug-likeness (QED) is 0.465. The van der Waals surface area contributed by atoms with Crippen LogP contribution in [0.15, 0.2) is 72.9 Å². The third-order valence-electron chi connectivity index (χ3n) is 4.97. The van der Waals surface area contributed by atoms with E-state index in [4.69, 9.17) is 0 Å². The van der Waals surface area contributed by atoms with Gasteiger partial charge in [0, 0.05) is 23.8 Å². The molecule has 0 aliphatic rings. The van der Waals surface area contributed by atoms with Crippen molar-refractivity contribution in [3.05, 3.63) is 89.9 Å². The molecule has 1 heterocycles. The maximum atomic E-state index is 13.9. The lowest BCUT2D eigenvalue weighted by Crippen LogP contribution is -2.03. The number of ketones is 1. The van der Waals surface area contributed by atoms with Gasteiger partial charge in [0.25, 0.3) is 0 Å². The summed E-state index contributed by atoms with van der Waals surface area (Å²) in [6.07, 6.45) is 4.43. The molecular weight excluding hydrogens is 351 g/mol. The Morgan fingerprint density at radius 3 is 2.57 bits per heavy atom. The van der Waals surface area contributed by atoms with Crippen LogP contribution >= 0.6 is 0 Å². The molecular formula is C24H21FN2O. The number of carbonyl (C=O) groups is 1. The molecule has 1 aromatic heterocycles. The van der Waals surface area contributed by atoms with Crippen molar-refractivity contribution in [3.8, 4) is 11.1 Å². The predicted molar refractivity (Wildman–Crippen MR) is 110 cm³/mol. The summed E-state index contributed by atoms with van der Waals surface area (Å²) in [7, 11) is 0. The maximum Gasteiger partial charge on any atom is 0.137 e. The molecule has 0 spiro atoms. The SMILES string of the molecule is O=C(CCCc1ccc(-c2ccccc2F)cc1)Cc1ccc2[nH]ncc2c1. The van der Waals surface area contributed by atoms with Crippen molar-refractivity contribution in [2.75, 3.05) is 0 Å². The first-order chi connectivity index (χ1) is 13.7. The number of hydrogen-bond donors (Lipinski definition) is 1. The number of nitrogens with one attached hydrogen (secondary N) is 1. The molecule has 4 aromatic rings. The largest absolute Gasteiger partial charge is 0.299 e. The zero-order valence-corrected chi connectivity index (χ0v) is 15.5. The number of nitrogens with zero attached hydrogens (tertiary/aromatic N) is 1. The van der Waals surface area contributed by atoms with E-state index >= 15 is 0 Å². The van der Waals surface area contributed by atoms with E-state index in [1.165, 1.54) is 6.07 Å². The molecule has 0 saturated heterocycles. The van der Waals surface area contributed by atoms with Crippen molar-refractivity contribution in [1.29, 1.82) is 0 Å². The summed E-state index contributed by atoms with van der Waals surface area (Å²) in [5.74, 6) is 0.0280. The normalized spacial score (nSPS) is 11.0. The summed E-state index contributed by atoms with van der Waals surface area (Å²) >= 11 is 0. The van der Waals surface area contributed by atoms with Gasteiger partial charge < -0.3 is 0 Å². The van der Waals surface area contributed by atoms with Crippen molar-refractivity contribution in [1.82, 2.24) is 10.2 Å². The zero-order valence-electron chi connectivity index (χ0n) is 15.5. The Hall–Kier alpha value is -3.27. The highest BCUT2D eigenvalue weighted by Gasteiger charge is 2.07. The molecule has 0 atom stereocenters. The average molecular weight is 372 g/mol. The number of halogens is 1. The third kappa shape index (κ3) is 4.17. The Morgan fingerprint density at radius 2 is 1.75 bits per heavy atom. The van der Waals surface area contributed by atoms with Gasteiger partial charge in [-0.3, -0.25) is 9.89 Å². The molecule has 0 amide bonds. The second-order valence-electron chi connectivity index (χ2n) is 7.04. The lowest BCUT2D eigenvalue weighted by atomic mass is 9.99. The van der Waals surface area contributed by atoms with Gasteiger partial charge in [-0.05, 0) is 47.7 Å². The van der Waals surface area contributed by atoms with Gasteiger partial charge in [0.1, 0.15) is 11.6 Å². The first kappa shape index (κ1) is 18.1. The fourth-order valence-electron chi connectivity index (χ4n) is 3.45. The van der Waals surface area contributed by atoms with Crippen LogP contribution in [0, 0.1) is 5.82 Å². The molecule has 0 aliphatic carbocycles. The van der Waals surface area contributed by atoms with Crippen LogP contribution < -0.4 is 0 Å². The van der Waals surface area contributed by atoms with Crippen LogP contribution in [0.4, 0.5) is 4.39 Å². The van der Waals surface area contributed by atoms with E-state index in [9.17, 15) is 9.18 Å². The lowest BCUT2D eigenvalue weighted by molar-refractivity contribution is -0.118. The number of aromatic amines is 1. The van der Waals surface area contributed by atoms with E-state index in [1.807, 2.05) is 48.5 Å². The molecule has 140 valence electrons. The standard InChI is InChI=1S/C24H21FN2O/c25-23-7-2-1-6-22(23)19-11-8-17(9-12-19)4-3-5-21(28)15-18-10-13-24-20(14-18)16-26-27-24/h1-2,6-14,16H,3-5,15H2,(H,26,27). The van der Waals surface area contributed by atoms with Crippen LogP contribution in [0.2, 0.25) is 0 Å².